The number of fused-ring (bicyclic) bond motifs is 2. The quantitative estimate of drug-likeness (QED) is 0.488. The molecule has 0 spiro atoms. The zero-order chi connectivity index (χ0) is 25.2. The minimum atomic E-state index is -0.292. The van der Waals surface area contributed by atoms with Crippen LogP contribution in [-0.2, 0) is 13.1 Å². The van der Waals surface area contributed by atoms with Crippen LogP contribution in [0.4, 0.5) is 0 Å². The molecule has 1 N–H and O–H groups in total. The molecule has 4 heterocycles. The van der Waals surface area contributed by atoms with Gasteiger partial charge in [0.1, 0.15) is 46.1 Å². The Morgan fingerprint density at radius 1 is 0.794 bits per heavy atom. The lowest BCUT2D eigenvalue weighted by atomic mass is 10.2. The number of aryl methyl sites for hydroxylation is 6. The molecule has 0 fully saturated rings. The Kier molecular flexibility index (Phi) is 6.83. The van der Waals surface area contributed by atoms with Crippen molar-refractivity contribution < 1.29 is 0 Å². The van der Waals surface area contributed by atoms with Crippen LogP contribution in [0.1, 0.15) is 48.0 Å². The molecule has 4 aromatic heterocycles. The standard InChI is InChI=1S/C12H13N5.C12H12N4O/c1-4-17-11(14)9(6-13)5-10-7(2)15-8(3)16-12(10)17;1-4-16-11-10(5-9(6-13)12(16)17)7(2)14-8(3)15-11/h5,14H,4H2,1-3H3;5H,4H2,1-3H3. The summed E-state index contributed by atoms with van der Waals surface area (Å²) in [6.45, 7) is 12.2. The van der Waals surface area contributed by atoms with Crippen molar-refractivity contribution in [3.05, 3.63) is 62.1 Å². The number of nitriles is 2. The van der Waals surface area contributed by atoms with E-state index in [2.05, 4.69) is 19.9 Å². The highest BCUT2D eigenvalue weighted by atomic mass is 16.1. The fraction of sp³-hybridized carbons (Fsp3) is 0.333. The van der Waals surface area contributed by atoms with Crippen LogP contribution in [0.3, 0.4) is 0 Å². The number of nitrogens with zero attached hydrogens (tertiary/aromatic N) is 8. The van der Waals surface area contributed by atoms with E-state index >= 15 is 0 Å². The zero-order valence-electron chi connectivity index (χ0n) is 20.1. The highest BCUT2D eigenvalue weighted by Gasteiger charge is 2.12. The van der Waals surface area contributed by atoms with E-state index in [4.69, 9.17) is 15.9 Å². The normalized spacial score (nSPS) is 10.5. The second-order valence-corrected chi connectivity index (χ2v) is 7.67. The van der Waals surface area contributed by atoms with Gasteiger partial charge in [-0.3, -0.25) is 14.8 Å². The van der Waals surface area contributed by atoms with Crippen molar-refractivity contribution in [1.29, 1.82) is 15.9 Å². The zero-order valence-corrected chi connectivity index (χ0v) is 20.1. The maximum Gasteiger partial charge on any atom is 0.270 e. The second kappa shape index (κ2) is 9.59. The Morgan fingerprint density at radius 2 is 1.24 bits per heavy atom. The molecular weight excluding hydrogens is 430 g/mol. The van der Waals surface area contributed by atoms with Gasteiger partial charge in [-0.1, -0.05) is 0 Å². The lowest BCUT2D eigenvalue weighted by molar-refractivity contribution is 0.717. The summed E-state index contributed by atoms with van der Waals surface area (Å²) in [5.74, 6) is 1.31. The lowest BCUT2D eigenvalue weighted by Gasteiger charge is -2.11. The highest BCUT2D eigenvalue weighted by Crippen LogP contribution is 2.16. The van der Waals surface area contributed by atoms with Crippen LogP contribution < -0.4 is 11.0 Å². The van der Waals surface area contributed by atoms with Crippen molar-refractivity contribution in [2.24, 2.45) is 0 Å². The molecule has 4 aromatic rings. The summed E-state index contributed by atoms with van der Waals surface area (Å²) in [6.07, 6.45) is 0. The van der Waals surface area contributed by atoms with Gasteiger partial charge in [-0.2, -0.15) is 10.5 Å². The largest absolute Gasteiger partial charge is 0.310 e. The van der Waals surface area contributed by atoms with Crippen LogP contribution in [0.5, 0.6) is 0 Å². The third-order valence-corrected chi connectivity index (χ3v) is 5.42. The molecule has 0 aliphatic rings. The van der Waals surface area contributed by atoms with Gasteiger partial charge in [0.25, 0.3) is 5.56 Å². The second-order valence-electron chi connectivity index (χ2n) is 7.67. The third kappa shape index (κ3) is 4.26. The van der Waals surface area contributed by atoms with E-state index in [9.17, 15) is 4.79 Å². The summed E-state index contributed by atoms with van der Waals surface area (Å²) in [5.41, 5.74) is 3.35. The Morgan fingerprint density at radius 3 is 1.68 bits per heavy atom. The predicted molar refractivity (Wildman–Crippen MR) is 127 cm³/mol. The molecule has 0 saturated carbocycles. The summed E-state index contributed by atoms with van der Waals surface area (Å²) in [6, 6.07) is 7.22. The van der Waals surface area contributed by atoms with E-state index in [0.717, 1.165) is 27.8 Å². The molecule has 172 valence electrons. The fourth-order valence-electron chi connectivity index (χ4n) is 3.83. The fourth-order valence-corrected chi connectivity index (χ4v) is 3.83. The Labute approximate surface area is 196 Å². The van der Waals surface area contributed by atoms with Gasteiger partial charge in [-0.15, -0.1) is 0 Å². The summed E-state index contributed by atoms with van der Waals surface area (Å²) < 4.78 is 3.24. The number of aromatic nitrogens is 6. The number of nitrogens with one attached hydrogen (secondary N) is 1. The van der Waals surface area contributed by atoms with Gasteiger partial charge in [0.15, 0.2) is 0 Å². The van der Waals surface area contributed by atoms with Crippen LogP contribution >= 0.6 is 0 Å². The molecule has 10 nitrogen and oxygen atoms in total. The van der Waals surface area contributed by atoms with E-state index in [1.165, 1.54) is 4.57 Å². The molecule has 0 atom stereocenters. The van der Waals surface area contributed by atoms with Gasteiger partial charge < -0.3 is 4.57 Å². The van der Waals surface area contributed by atoms with Crippen LogP contribution in [-0.4, -0.2) is 29.1 Å². The number of rotatable bonds is 2. The van der Waals surface area contributed by atoms with Crippen molar-refractivity contribution in [1.82, 2.24) is 29.1 Å². The Bertz CT molecular complexity index is 1510. The van der Waals surface area contributed by atoms with E-state index in [-0.39, 0.29) is 16.6 Å². The van der Waals surface area contributed by atoms with Crippen molar-refractivity contribution >= 4 is 22.1 Å². The van der Waals surface area contributed by atoms with Crippen LogP contribution in [0.2, 0.25) is 0 Å². The smallest absolute Gasteiger partial charge is 0.270 e. The Hall–Kier alpha value is -4.44. The maximum absolute atomic E-state index is 11.9. The predicted octanol–water partition coefficient (Wildman–Crippen LogP) is 2.72. The molecule has 0 radical (unpaired) electrons. The van der Waals surface area contributed by atoms with Crippen LogP contribution in [0.25, 0.3) is 22.1 Å². The first kappa shape index (κ1) is 24.2. The average molecular weight is 456 g/mol. The number of hydrogen-bond acceptors (Lipinski definition) is 8. The van der Waals surface area contributed by atoms with Crippen LogP contribution in [0, 0.1) is 55.8 Å². The molecular formula is C24H25N9O. The molecule has 0 unspecified atom stereocenters. The third-order valence-electron chi connectivity index (χ3n) is 5.42. The minimum Gasteiger partial charge on any atom is -0.310 e. The van der Waals surface area contributed by atoms with Crippen molar-refractivity contribution in [3.8, 4) is 12.1 Å². The van der Waals surface area contributed by atoms with Gasteiger partial charge >= 0.3 is 0 Å². The first-order valence-corrected chi connectivity index (χ1v) is 10.8. The minimum absolute atomic E-state index is 0.134. The first-order chi connectivity index (χ1) is 16.2. The van der Waals surface area contributed by atoms with E-state index in [1.54, 1.807) is 23.6 Å². The van der Waals surface area contributed by atoms with E-state index < -0.39 is 0 Å². The molecule has 34 heavy (non-hydrogen) atoms. The molecule has 0 aliphatic heterocycles. The summed E-state index contributed by atoms with van der Waals surface area (Å²) in [7, 11) is 0. The molecule has 4 rings (SSSR count). The summed E-state index contributed by atoms with van der Waals surface area (Å²) in [5, 5.41) is 27.5. The number of hydrogen-bond donors (Lipinski definition) is 1. The van der Waals surface area contributed by atoms with Gasteiger partial charge in [0, 0.05) is 23.9 Å². The van der Waals surface area contributed by atoms with Gasteiger partial charge in [0.05, 0.1) is 17.0 Å². The van der Waals surface area contributed by atoms with Crippen LogP contribution in [0.15, 0.2) is 16.9 Å². The highest BCUT2D eigenvalue weighted by molar-refractivity contribution is 5.79. The van der Waals surface area contributed by atoms with Gasteiger partial charge in [0.2, 0.25) is 0 Å². The summed E-state index contributed by atoms with van der Waals surface area (Å²) >= 11 is 0. The molecule has 0 bridgehead atoms. The molecule has 0 aliphatic carbocycles. The molecule has 0 saturated heterocycles. The van der Waals surface area contributed by atoms with Gasteiger partial charge in [-0.25, -0.2) is 19.9 Å². The van der Waals surface area contributed by atoms with Crippen molar-refractivity contribution in [2.75, 3.05) is 0 Å². The monoisotopic (exact) mass is 455 g/mol. The SMILES string of the molecule is CCn1c(=N)c(C#N)cc2c(C)nc(C)nc21.CCn1c(=O)c(C#N)cc2c(C)nc(C)nc21. The van der Waals surface area contributed by atoms with E-state index in [1.807, 2.05) is 46.8 Å². The van der Waals surface area contributed by atoms with Crippen molar-refractivity contribution in [2.45, 2.75) is 54.6 Å². The maximum atomic E-state index is 11.9. The molecule has 10 heteroatoms. The van der Waals surface area contributed by atoms with Crippen molar-refractivity contribution in [3.63, 3.8) is 0 Å². The number of pyridine rings is 2. The Balaban J connectivity index is 0.000000191. The molecule has 0 amide bonds. The average Bonchev–Trinajstić information content (AvgIpc) is 2.79. The molecule has 0 aromatic carbocycles. The topological polar surface area (TPSA) is 150 Å². The van der Waals surface area contributed by atoms with E-state index in [0.29, 0.717) is 35.9 Å². The first-order valence-electron chi connectivity index (χ1n) is 10.8. The lowest BCUT2D eigenvalue weighted by Crippen LogP contribution is -2.23. The van der Waals surface area contributed by atoms with Gasteiger partial charge in [-0.05, 0) is 53.7 Å². The summed E-state index contributed by atoms with van der Waals surface area (Å²) in [4.78, 5) is 29.1.